The van der Waals surface area contributed by atoms with Crippen molar-refractivity contribution in [2.75, 3.05) is 0 Å². The first-order valence-electron chi connectivity index (χ1n) is 6.76. The van der Waals surface area contributed by atoms with Gasteiger partial charge in [0.05, 0.1) is 16.9 Å². The number of alkyl halides is 1. The fourth-order valence-corrected chi connectivity index (χ4v) is 3.37. The Labute approximate surface area is 145 Å². The molecular weight excluding hydrogens is 382 g/mol. The lowest BCUT2D eigenvalue weighted by Gasteiger charge is -2.16. The molecule has 0 atom stereocenters. The number of fused-ring (bicyclic) bond motifs is 1. The van der Waals surface area contributed by atoms with Gasteiger partial charge in [-0.25, -0.2) is 4.79 Å². The van der Waals surface area contributed by atoms with Gasteiger partial charge >= 0.3 is 5.97 Å². The molecule has 0 unspecified atom stereocenters. The Morgan fingerprint density at radius 2 is 1.83 bits per heavy atom. The molecule has 3 rings (SSSR count). The number of hydrogen-bond acceptors (Lipinski definition) is 2. The Morgan fingerprint density at radius 1 is 1.13 bits per heavy atom. The van der Waals surface area contributed by atoms with E-state index in [1.807, 2.05) is 0 Å². The second-order valence-corrected chi connectivity index (χ2v) is 5.92. The highest BCUT2D eigenvalue weighted by Gasteiger charge is 2.21. The third kappa shape index (κ3) is 2.66. The van der Waals surface area contributed by atoms with Crippen LogP contribution in [0.25, 0.3) is 16.5 Å². The van der Waals surface area contributed by atoms with Crippen molar-refractivity contribution in [3.63, 3.8) is 0 Å². The molecule has 0 amide bonds. The molecule has 0 spiro atoms. The first-order valence-corrected chi connectivity index (χ1v) is 8.26. The SMILES string of the molecule is O=C(O)c1c(CBr)n(-c2cccc(Cl)c2)c(=O)c2ccccc12. The number of carbonyl (C=O) groups is 1. The molecule has 1 N–H and O–H groups in total. The standard InChI is InChI=1S/C17H11BrClNO3/c18-9-14-15(17(22)23)12-6-1-2-7-13(12)16(21)20(14)11-5-3-4-10(19)8-11/h1-8H,9H2,(H,22,23). The van der Waals surface area contributed by atoms with E-state index in [2.05, 4.69) is 15.9 Å². The lowest BCUT2D eigenvalue weighted by Crippen LogP contribution is -2.25. The fourth-order valence-electron chi connectivity index (χ4n) is 2.65. The highest BCUT2D eigenvalue weighted by molar-refractivity contribution is 9.08. The van der Waals surface area contributed by atoms with Crippen molar-refractivity contribution >= 4 is 44.3 Å². The van der Waals surface area contributed by atoms with Crippen LogP contribution in [0.2, 0.25) is 5.02 Å². The molecule has 0 radical (unpaired) electrons. The quantitative estimate of drug-likeness (QED) is 0.678. The van der Waals surface area contributed by atoms with Gasteiger partial charge in [0.1, 0.15) is 0 Å². The smallest absolute Gasteiger partial charge is 0.338 e. The van der Waals surface area contributed by atoms with Crippen LogP contribution >= 0.6 is 27.5 Å². The van der Waals surface area contributed by atoms with Crippen LogP contribution in [0.1, 0.15) is 16.1 Å². The molecule has 0 saturated heterocycles. The van der Waals surface area contributed by atoms with E-state index in [1.54, 1.807) is 48.5 Å². The van der Waals surface area contributed by atoms with E-state index < -0.39 is 5.97 Å². The summed E-state index contributed by atoms with van der Waals surface area (Å²) in [6.45, 7) is 0. The third-order valence-electron chi connectivity index (χ3n) is 3.60. The number of carboxylic acids is 1. The van der Waals surface area contributed by atoms with Gasteiger partial charge in [0.2, 0.25) is 0 Å². The molecule has 0 aliphatic carbocycles. The molecule has 4 nitrogen and oxygen atoms in total. The fraction of sp³-hybridized carbons (Fsp3) is 0.0588. The van der Waals surface area contributed by atoms with E-state index in [4.69, 9.17) is 11.6 Å². The Morgan fingerprint density at radius 3 is 2.43 bits per heavy atom. The third-order valence-corrected chi connectivity index (χ3v) is 4.36. The molecule has 0 bridgehead atoms. The van der Waals surface area contributed by atoms with E-state index in [1.165, 1.54) is 4.57 Å². The van der Waals surface area contributed by atoms with Gasteiger partial charge in [-0.15, -0.1) is 0 Å². The minimum absolute atomic E-state index is 0.108. The van der Waals surface area contributed by atoms with Gasteiger partial charge in [0.25, 0.3) is 5.56 Å². The molecule has 23 heavy (non-hydrogen) atoms. The number of nitrogens with zero attached hydrogens (tertiary/aromatic N) is 1. The largest absolute Gasteiger partial charge is 0.478 e. The number of rotatable bonds is 3. The summed E-state index contributed by atoms with van der Waals surface area (Å²) >= 11 is 9.33. The molecule has 0 aliphatic rings. The van der Waals surface area contributed by atoms with Crippen LogP contribution in [0, 0.1) is 0 Å². The Bertz CT molecular complexity index is 981. The number of benzene rings is 2. The summed E-state index contributed by atoms with van der Waals surface area (Å²) < 4.78 is 1.40. The maximum atomic E-state index is 12.9. The molecule has 1 heterocycles. The van der Waals surface area contributed by atoms with E-state index in [0.717, 1.165) is 0 Å². The molecule has 1 aromatic heterocycles. The number of aromatic carboxylic acids is 1. The second-order valence-electron chi connectivity index (χ2n) is 4.93. The minimum Gasteiger partial charge on any atom is -0.478 e. The van der Waals surface area contributed by atoms with Crippen molar-refractivity contribution in [2.45, 2.75) is 5.33 Å². The van der Waals surface area contributed by atoms with E-state index in [9.17, 15) is 14.7 Å². The lowest BCUT2D eigenvalue weighted by molar-refractivity contribution is 0.0697. The summed E-state index contributed by atoms with van der Waals surface area (Å²) in [4.78, 5) is 24.7. The van der Waals surface area contributed by atoms with Gasteiger partial charge in [-0.3, -0.25) is 9.36 Å². The second kappa shape index (κ2) is 6.18. The number of halogens is 2. The van der Waals surface area contributed by atoms with Crippen molar-refractivity contribution in [1.82, 2.24) is 4.57 Å². The first-order chi connectivity index (χ1) is 11.0. The predicted molar refractivity (Wildman–Crippen MR) is 94.1 cm³/mol. The van der Waals surface area contributed by atoms with Crippen molar-refractivity contribution < 1.29 is 9.90 Å². The number of carboxylic acid groups (broad SMARTS) is 1. The van der Waals surface area contributed by atoms with Gasteiger partial charge in [-0.1, -0.05) is 51.8 Å². The van der Waals surface area contributed by atoms with E-state index in [0.29, 0.717) is 27.2 Å². The summed E-state index contributed by atoms with van der Waals surface area (Å²) in [6.07, 6.45) is 0. The van der Waals surface area contributed by atoms with Crippen molar-refractivity contribution in [1.29, 1.82) is 0 Å². The molecule has 116 valence electrons. The summed E-state index contributed by atoms with van der Waals surface area (Å²) in [6, 6.07) is 13.5. The summed E-state index contributed by atoms with van der Waals surface area (Å²) in [5.74, 6) is -1.08. The highest BCUT2D eigenvalue weighted by atomic mass is 79.9. The van der Waals surface area contributed by atoms with Gasteiger partial charge in [0, 0.05) is 21.1 Å². The van der Waals surface area contributed by atoms with Crippen LogP contribution in [0.15, 0.2) is 53.3 Å². The molecular formula is C17H11BrClNO3. The zero-order chi connectivity index (χ0) is 16.6. The maximum Gasteiger partial charge on any atom is 0.338 e. The Hall–Kier alpha value is -2.11. The molecule has 2 aromatic carbocycles. The average Bonchev–Trinajstić information content (AvgIpc) is 2.54. The van der Waals surface area contributed by atoms with Crippen LogP contribution in [0.5, 0.6) is 0 Å². The summed E-state index contributed by atoms with van der Waals surface area (Å²) in [7, 11) is 0. The lowest BCUT2D eigenvalue weighted by atomic mass is 10.0. The highest BCUT2D eigenvalue weighted by Crippen LogP contribution is 2.25. The van der Waals surface area contributed by atoms with Gasteiger partial charge < -0.3 is 5.11 Å². The zero-order valence-corrected chi connectivity index (χ0v) is 14.1. The maximum absolute atomic E-state index is 12.9. The van der Waals surface area contributed by atoms with Crippen molar-refractivity contribution in [3.05, 3.63) is 75.2 Å². The van der Waals surface area contributed by atoms with Gasteiger partial charge in [-0.05, 0) is 24.3 Å². The van der Waals surface area contributed by atoms with Crippen LogP contribution < -0.4 is 5.56 Å². The molecule has 0 fully saturated rings. The van der Waals surface area contributed by atoms with E-state index in [-0.39, 0.29) is 16.5 Å². The number of pyridine rings is 1. The van der Waals surface area contributed by atoms with Crippen LogP contribution in [-0.4, -0.2) is 15.6 Å². The van der Waals surface area contributed by atoms with Crippen molar-refractivity contribution in [3.8, 4) is 5.69 Å². The van der Waals surface area contributed by atoms with Crippen molar-refractivity contribution in [2.24, 2.45) is 0 Å². The van der Waals surface area contributed by atoms with Crippen LogP contribution in [0.3, 0.4) is 0 Å². The number of hydrogen-bond donors (Lipinski definition) is 1. The summed E-state index contributed by atoms with van der Waals surface area (Å²) in [5.41, 5.74) is 0.744. The average molecular weight is 393 g/mol. The minimum atomic E-state index is -1.08. The number of aromatic nitrogens is 1. The topological polar surface area (TPSA) is 59.3 Å². The first kappa shape index (κ1) is 15.8. The van der Waals surface area contributed by atoms with Gasteiger partial charge in [-0.2, -0.15) is 0 Å². The monoisotopic (exact) mass is 391 g/mol. The normalized spacial score (nSPS) is 10.9. The van der Waals surface area contributed by atoms with Gasteiger partial charge in [0.15, 0.2) is 0 Å². The Kier molecular flexibility index (Phi) is 4.24. The zero-order valence-electron chi connectivity index (χ0n) is 11.8. The Balaban J connectivity index is 2.54. The van der Waals surface area contributed by atoms with Crippen LogP contribution in [-0.2, 0) is 5.33 Å². The molecule has 6 heteroatoms. The molecule has 3 aromatic rings. The van der Waals surface area contributed by atoms with E-state index >= 15 is 0 Å². The van der Waals surface area contributed by atoms with Crippen LogP contribution in [0.4, 0.5) is 0 Å². The molecule has 0 saturated carbocycles. The predicted octanol–water partition coefficient (Wildman–Crippen LogP) is 4.24. The summed E-state index contributed by atoms with van der Waals surface area (Å²) in [5, 5.41) is 11.1. The molecule has 0 aliphatic heterocycles.